The molecule has 0 heterocycles. The van der Waals surface area contributed by atoms with Gasteiger partial charge in [-0.15, -0.1) is 0 Å². The molecular weight excluding hydrogens is 242 g/mol. The Balaban J connectivity index is 2.47. The lowest BCUT2D eigenvalue weighted by atomic mass is 10.2. The second kappa shape index (κ2) is 6.21. The van der Waals surface area contributed by atoms with Crippen LogP contribution in [0.25, 0.3) is 0 Å². The molecule has 1 rings (SSSR count). The minimum absolute atomic E-state index is 0.00703. The van der Waals surface area contributed by atoms with E-state index in [4.69, 9.17) is 10.9 Å². The number of amidine groups is 1. The Labute approximate surface area is 100 Å². The van der Waals surface area contributed by atoms with Crippen LogP contribution in [0.15, 0.2) is 35.5 Å². The van der Waals surface area contributed by atoms with Gasteiger partial charge in [0.2, 0.25) is 10.0 Å². The molecule has 0 amide bonds. The fourth-order valence-electron chi connectivity index (χ4n) is 1.23. The van der Waals surface area contributed by atoms with Crippen molar-refractivity contribution < 1.29 is 13.6 Å². The van der Waals surface area contributed by atoms with Crippen molar-refractivity contribution in [1.29, 1.82) is 0 Å². The van der Waals surface area contributed by atoms with Crippen LogP contribution in [-0.2, 0) is 15.8 Å². The molecule has 0 saturated carbocycles. The zero-order chi connectivity index (χ0) is 12.7. The van der Waals surface area contributed by atoms with Crippen molar-refractivity contribution in [2.45, 2.75) is 12.2 Å². The van der Waals surface area contributed by atoms with E-state index in [9.17, 15) is 8.42 Å². The lowest BCUT2D eigenvalue weighted by molar-refractivity contribution is 0.317. The standard InChI is InChI=1S/C10H15N3O3S/c11-10(13-14)6-7-12-17(15,16)8-9-4-2-1-3-5-9/h1-5,12,14H,6-8H2,(H2,11,13). The Morgan fingerprint density at radius 2 is 2.00 bits per heavy atom. The number of nitrogens with two attached hydrogens (primary N) is 1. The molecule has 0 aliphatic heterocycles. The zero-order valence-electron chi connectivity index (χ0n) is 9.20. The van der Waals surface area contributed by atoms with Gasteiger partial charge in [0, 0.05) is 13.0 Å². The summed E-state index contributed by atoms with van der Waals surface area (Å²) in [6.45, 7) is 0.116. The fourth-order valence-corrected chi connectivity index (χ4v) is 2.38. The van der Waals surface area contributed by atoms with Gasteiger partial charge in [-0.25, -0.2) is 13.1 Å². The van der Waals surface area contributed by atoms with Gasteiger partial charge in [-0.3, -0.25) is 0 Å². The smallest absolute Gasteiger partial charge is 0.215 e. The molecule has 6 nitrogen and oxygen atoms in total. The maximum atomic E-state index is 11.6. The van der Waals surface area contributed by atoms with Crippen molar-refractivity contribution in [1.82, 2.24) is 4.72 Å². The van der Waals surface area contributed by atoms with Gasteiger partial charge in [-0.1, -0.05) is 35.5 Å². The van der Waals surface area contributed by atoms with Gasteiger partial charge in [0.05, 0.1) is 5.75 Å². The molecule has 0 spiro atoms. The maximum absolute atomic E-state index is 11.6. The number of sulfonamides is 1. The third-order valence-electron chi connectivity index (χ3n) is 2.03. The second-order valence-electron chi connectivity index (χ2n) is 3.48. The van der Waals surface area contributed by atoms with Crippen molar-refractivity contribution in [3.63, 3.8) is 0 Å². The summed E-state index contributed by atoms with van der Waals surface area (Å²) in [5, 5.41) is 11.0. The molecule has 94 valence electrons. The van der Waals surface area contributed by atoms with E-state index in [1.54, 1.807) is 24.3 Å². The molecule has 0 atom stereocenters. The van der Waals surface area contributed by atoms with Gasteiger partial charge >= 0.3 is 0 Å². The molecule has 1 aromatic rings. The van der Waals surface area contributed by atoms with Gasteiger partial charge in [0.1, 0.15) is 5.84 Å². The molecule has 1 aromatic carbocycles. The Kier molecular flexibility index (Phi) is 4.92. The largest absolute Gasteiger partial charge is 0.409 e. The minimum atomic E-state index is -3.38. The topological polar surface area (TPSA) is 105 Å². The fraction of sp³-hybridized carbons (Fsp3) is 0.300. The lowest BCUT2D eigenvalue weighted by Gasteiger charge is -2.06. The van der Waals surface area contributed by atoms with Gasteiger partial charge in [-0.05, 0) is 5.56 Å². The van der Waals surface area contributed by atoms with Crippen LogP contribution in [0, 0.1) is 0 Å². The molecule has 4 N–H and O–H groups in total. The summed E-state index contributed by atoms with van der Waals surface area (Å²) in [4.78, 5) is 0. The first kappa shape index (κ1) is 13.5. The number of hydrogen-bond donors (Lipinski definition) is 3. The summed E-state index contributed by atoms with van der Waals surface area (Å²) in [5.41, 5.74) is 5.93. The normalized spacial score (nSPS) is 12.6. The van der Waals surface area contributed by atoms with E-state index < -0.39 is 10.0 Å². The zero-order valence-corrected chi connectivity index (χ0v) is 10.0. The number of oxime groups is 1. The highest BCUT2D eigenvalue weighted by atomic mass is 32.2. The summed E-state index contributed by atoms with van der Waals surface area (Å²) in [5.74, 6) is -0.0864. The van der Waals surface area contributed by atoms with Gasteiger partial charge in [-0.2, -0.15) is 0 Å². The third kappa shape index (κ3) is 5.32. The van der Waals surface area contributed by atoms with E-state index in [0.29, 0.717) is 5.56 Å². The Morgan fingerprint density at radius 1 is 1.35 bits per heavy atom. The molecule has 17 heavy (non-hydrogen) atoms. The highest BCUT2D eigenvalue weighted by Crippen LogP contribution is 2.03. The predicted octanol–water partition coefficient (Wildman–Crippen LogP) is 0.243. The van der Waals surface area contributed by atoms with Crippen molar-refractivity contribution in [2.24, 2.45) is 10.9 Å². The first-order valence-corrected chi connectivity index (χ1v) is 6.66. The highest BCUT2D eigenvalue weighted by molar-refractivity contribution is 7.88. The van der Waals surface area contributed by atoms with Crippen LogP contribution in [0.3, 0.4) is 0 Å². The minimum Gasteiger partial charge on any atom is -0.409 e. The van der Waals surface area contributed by atoms with Crippen LogP contribution in [0.5, 0.6) is 0 Å². The number of nitrogens with zero attached hydrogens (tertiary/aromatic N) is 1. The quantitative estimate of drug-likeness (QED) is 0.294. The first-order chi connectivity index (χ1) is 8.03. The van der Waals surface area contributed by atoms with Crippen LogP contribution in [0.1, 0.15) is 12.0 Å². The Morgan fingerprint density at radius 3 is 2.59 bits per heavy atom. The number of rotatable bonds is 6. The Bertz CT molecular complexity index is 471. The Hall–Kier alpha value is -1.60. The first-order valence-electron chi connectivity index (χ1n) is 5.01. The van der Waals surface area contributed by atoms with Crippen LogP contribution < -0.4 is 10.5 Å². The summed E-state index contributed by atoms with van der Waals surface area (Å²) < 4.78 is 25.6. The van der Waals surface area contributed by atoms with Gasteiger partial charge in [0.15, 0.2) is 0 Å². The molecule has 0 fully saturated rings. The summed E-state index contributed by atoms with van der Waals surface area (Å²) in [6.07, 6.45) is 0.171. The lowest BCUT2D eigenvalue weighted by Crippen LogP contribution is -2.29. The van der Waals surface area contributed by atoms with E-state index in [1.165, 1.54) is 0 Å². The van der Waals surface area contributed by atoms with Crippen LogP contribution in [-0.4, -0.2) is 26.0 Å². The molecule has 0 bridgehead atoms. The molecule has 7 heteroatoms. The molecular formula is C10H15N3O3S. The van der Waals surface area contributed by atoms with E-state index in [0.717, 1.165) is 0 Å². The average molecular weight is 257 g/mol. The van der Waals surface area contributed by atoms with Crippen molar-refractivity contribution in [3.8, 4) is 0 Å². The molecule has 0 radical (unpaired) electrons. The summed E-state index contributed by atoms with van der Waals surface area (Å²) in [7, 11) is -3.38. The molecule has 0 aliphatic carbocycles. The SMILES string of the molecule is NC(CCNS(=O)(=O)Cc1ccccc1)=NO. The van der Waals surface area contributed by atoms with Crippen molar-refractivity contribution in [2.75, 3.05) is 6.54 Å². The van der Waals surface area contributed by atoms with E-state index in [2.05, 4.69) is 9.88 Å². The van der Waals surface area contributed by atoms with E-state index in [-0.39, 0.29) is 24.6 Å². The van der Waals surface area contributed by atoms with Crippen molar-refractivity contribution >= 4 is 15.9 Å². The summed E-state index contributed by atoms with van der Waals surface area (Å²) >= 11 is 0. The summed E-state index contributed by atoms with van der Waals surface area (Å²) in [6, 6.07) is 8.86. The average Bonchev–Trinajstić information content (AvgIpc) is 2.29. The van der Waals surface area contributed by atoms with Crippen LogP contribution in [0.4, 0.5) is 0 Å². The van der Waals surface area contributed by atoms with Crippen LogP contribution in [0.2, 0.25) is 0 Å². The predicted molar refractivity (Wildman–Crippen MR) is 65.1 cm³/mol. The molecule has 0 aromatic heterocycles. The molecule has 0 unspecified atom stereocenters. The second-order valence-corrected chi connectivity index (χ2v) is 5.29. The van der Waals surface area contributed by atoms with E-state index >= 15 is 0 Å². The molecule has 0 aliphatic rings. The highest BCUT2D eigenvalue weighted by Gasteiger charge is 2.10. The maximum Gasteiger partial charge on any atom is 0.215 e. The third-order valence-corrected chi connectivity index (χ3v) is 3.39. The van der Waals surface area contributed by atoms with Crippen molar-refractivity contribution in [3.05, 3.63) is 35.9 Å². The van der Waals surface area contributed by atoms with E-state index in [1.807, 2.05) is 6.07 Å². The van der Waals surface area contributed by atoms with Crippen LogP contribution >= 0.6 is 0 Å². The van der Waals surface area contributed by atoms with Gasteiger partial charge in [0.25, 0.3) is 0 Å². The number of nitrogens with one attached hydrogen (secondary N) is 1. The monoisotopic (exact) mass is 257 g/mol. The number of hydrogen-bond acceptors (Lipinski definition) is 4. The molecule has 0 saturated heterocycles. The number of benzene rings is 1. The van der Waals surface area contributed by atoms with Gasteiger partial charge < -0.3 is 10.9 Å².